The van der Waals surface area contributed by atoms with Gasteiger partial charge in [0.25, 0.3) is 0 Å². The molecule has 3 aromatic carbocycles. The van der Waals surface area contributed by atoms with Crippen molar-refractivity contribution in [3.8, 4) is 11.5 Å². The second-order valence-electron chi connectivity index (χ2n) is 12.4. The fraction of sp³-hybridized carbons (Fsp3) is 0.324. The third kappa shape index (κ3) is 10.3. The van der Waals surface area contributed by atoms with E-state index in [2.05, 4.69) is 79.3 Å². The fourth-order valence-corrected chi connectivity index (χ4v) is 6.29. The molecule has 0 spiro atoms. The van der Waals surface area contributed by atoms with Crippen molar-refractivity contribution in [1.82, 2.24) is 4.90 Å². The number of hydrogen-bond acceptors (Lipinski definition) is 11. The van der Waals surface area contributed by atoms with Gasteiger partial charge >= 0.3 is 11.9 Å². The van der Waals surface area contributed by atoms with Crippen LogP contribution in [-0.2, 0) is 16.0 Å². The molecule has 6 N–H and O–H groups in total. The molecule has 1 aromatic heterocycles. The van der Waals surface area contributed by atoms with Crippen LogP contribution in [0.1, 0.15) is 32.1 Å². The van der Waals surface area contributed by atoms with Gasteiger partial charge in [-0.15, -0.1) is 0 Å². The predicted molar refractivity (Wildman–Crippen MR) is 193 cm³/mol. The van der Waals surface area contributed by atoms with Crippen LogP contribution in [0.3, 0.4) is 0 Å². The van der Waals surface area contributed by atoms with Crippen LogP contribution in [0, 0.1) is 12.8 Å². The summed E-state index contributed by atoms with van der Waals surface area (Å²) in [6, 6.07) is 20.1. The summed E-state index contributed by atoms with van der Waals surface area (Å²) in [6.07, 6.45) is -2.30. The number of fused-ring (bicyclic) bond motifs is 3. The number of aliphatic hydroxyl groups is 2. The van der Waals surface area contributed by atoms with Crippen molar-refractivity contribution in [3.05, 3.63) is 93.9 Å². The summed E-state index contributed by atoms with van der Waals surface area (Å²) in [4.78, 5) is 38.9. The van der Waals surface area contributed by atoms with Crippen LogP contribution in [0.25, 0.3) is 11.0 Å². The van der Waals surface area contributed by atoms with Crippen LogP contribution in [0.2, 0.25) is 0 Å². The van der Waals surface area contributed by atoms with E-state index in [1.165, 1.54) is 33.3 Å². The van der Waals surface area contributed by atoms with Crippen molar-refractivity contribution in [2.45, 2.75) is 56.1 Å². The van der Waals surface area contributed by atoms with E-state index in [4.69, 9.17) is 24.8 Å². The standard InChI is InChI=1S/C18H22N2S.C15H16O4.C4H6O6/c1-14(12-19(2)3)13-20-15-8-4-6-10-17(15)21-18-11-7-5-9-16(18)20;1-8(2)4-5-10-11(16)7-13-14(15(10)18)12(17)6-9(3)19-13;5-1(3(7)8)2(6)4(9)10/h4-11,14H,12-13H2,1-3H3;4,6-7,16,18H,5H2,1-3H3;1-2,5-6H,(H,7,8)(H,9,10). The first-order valence-electron chi connectivity index (χ1n) is 15.7. The molecule has 3 atom stereocenters. The minimum atomic E-state index is -2.27. The van der Waals surface area contributed by atoms with Crippen LogP contribution in [-0.4, -0.2) is 86.9 Å². The number of aliphatic carboxylic acids is 2. The van der Waals surface area contributed by atoms with Crippen molar-refractivity contribution in [1.29, 1.82) is 0 Å². The maximum atomic E-state index is 11.9. The maximum Gasteiger partial charge on any atom is 0.335 e. The number of rotatable bonds is 9. The molecule has 0 bridgehead atoms. The molecule has 0 amide bonds. The average Bonchev–Trinajstić information content (AvgIpc) is 3.03. The van der Waals surface area contributed by atoms with Crippen molar-refractivity contribution in [2.24, 2.45) is 5.92 Å². The first kappa shape index (κ1) is 39.6. The van der Waals surface area contributed by atoms with Crippen LogP contribution < -0.4 is 10.3 Å². The lowest BCUT2D eigenvalue weighted by Gasteiger charge is -2.35. The van der Waals surface area contributed by atoms with Gasteiger partial charge in [-0.1, -0.05) is 54.6 Å². The van der Waals surface area contributed by atoms with Gasteiger partial charge in [-0.2, -0.15) is 0 Å². The first-order valence-corrected chi connectivity index (χ1v) is 16.5. The molecule has 0 saturated heterocycles. The number of carboxylic acid groups (broad SMARTS) is 2. The third-order valence-corrected chi connectivity index (χ3v) is 8.55. The molecule has 0 saturated carbocycles. The Balaban J connectivity index is 0.000000216. The fourth-order valence-electron chi connectivity index (χ4n) is 5.20. The Hall–Kier alpha value is -4.82. The van der Waals surface area contributed by atoms with E-state index in [1.807, 2.05) is 31.7 Å². The molecule has 5 rings (SSSR count). The minimum Gasteiger partial charge on any atom is -0.507 e. The molecule has 1 aliphatic rings. The number of para-hydroxylation sites is 2. The van der Waals surface area contributed by atoms with Crippen LogP contribution >= 0.6 is 11.8 Å². The van der Waals surface area contributed by atoms with Gasteiger partial charge in [0.15, 0.2) is 17.6 Å². The molecule has 12 nitrogen and oxygen atoms in total. The smallest absolute Gasteiger partial charge is 0.335 e. The topological polar surface area (TPSA) is 192 Å². The molecular weight excluding hydrogens is 664 g/mol. The zero-order valence-electron chi connectivity index (χ0n) is 28.8. The van der Waals surface area contributed by atoms with Gasteiger partial charge in [0.1, 0.15) is 28.2 Å². The lowest BCUT2D eigenvalue weighted by atomic mass is 10.0. The molecule has 13 heteroatoms. The summed E-state index contributed by atoms with van der Waals surface area (Å²) in [5.74, 6) is -2.76. The molecule has 0 aliphatic carbocycles. The van der Waals surface area contributed by atoms with Crippen LogP contribution in [0.4, 0.5) is 11.4 Å². The quantitative estimate of drug-likeness (QED) is 0.122. The molecule has 1 aliphatic heterocycles. The summed E-state index contributed by atoms with van der Waals surface area (Å²) in [5, 5.41) is 52.7. The highest BCUT2D eigenvalue weighted by atomic mass is 32.2. The van der Waals surface area contributed by atoms with E-state index in [0.717, 1.165) is 18.7 Å². The maximum absolute atomic E-state index is 11.9. The Morgan fingerprint density at radius 1 is 0.920 bits per heavy atom. The van der Waals surface area contributed by atoms with Gasteiger partial charge < -0.3 is 44.9 Å². The summed E-state index contributed by atoms with van der Waals surface area (Å²) < 4.78 is 5.35. The minimum absolute atomic E-state index is 0.0729. The number of aliphatic hydroxyl groups excluding tert-OH is 2. The molecule has 2 heterocycles. The Morgan fingerprint density at radius 2 is 1.44 bits per heavy atom. The number of phenolic OH excluding ortho intramolecular Hbond substituents is 2. The largest absolute Gasteiger partial charge is 0.507 e. The van der Waals surface area contributed by atoms with Crippen molar-refractivity contribution < 1.29 is 44.6 Å². The number of nitrogens with zero attached hydrogens (tertiary/aromatic N) is 2. The number of aromatic hydroxyl groups is 2. The number of benzene rings is 3. The van der Waals surface area contributed by atoms with Crippen LogP contribution in [0.5, 0.6) is 11.5 Å². The summed E-state index contributed by atoms with van der Waals surface area (Å²) >= 11 is 1.88. The number of phenols is 2. The van der Waals surface area contributed by atoms with Crippen molar-refractivity contribution >= 4 is 46.0 Å². The Morgan fingerprint density at radius 3 is 1.92 bits per heavy atom. The van der Waals surface area contributed by atoms with E-state index in [0.29, 0.717) is 23.7 Å². The number of allylic oxidation sites excluding steroid dienone is 2. The van der Waals surface area contributed by atoms with Gasteiger partial charge in [0, 0.05) is 40.6 Å². The normalized spacial score (nSPS) is 13.4. The number of anilines is 2. The molecule has 0 radical (unpaired) electrons. The lowest BCUT2D eigenvalue weighted by Crippen LogP contribution is -2.39. The summed E-state index contributed by atoms with van der Waals surface area (Å²) in [5.41, 5.74) is 3.97. The van der Waals surface area contributed by atoms with Gasteiger partial charge in [0.05, 0.1) is 11.4 Å². The van der Waals surface area contributed by atoms with Crippen molar-refractivity contribution in [3.63, 3.8) is 0 Å². The lowest BCUT2D eigenvalue weighted by molar-refractivity contribution is -0.165. The number of aryl methyl sites for hydroxylation is 1. The molecule has 268 valence electrons. The van der Waals surface area contributed by atoms with E-state index < -0.39 is 24.1 Å². The van der Waals surface area contributed by atoms with E-state index in [-0.39, 0.29) is 27.9 Å². The molecule has 3 unspecified atom stereocenters. The molecule has 0 fully saturated rings. The van der Waals surface area contributed by atoms with E-state index in [1.54, 1.807) is 6.92 Å². The Labute approximate surface area is 294 Å². The first-order chi connectivity index (χ1) is 23.5. The van der Waals surface area contributed by atoms with Crippen LogP contribution in [0.15, 0.2) is 91.3 Å². The Bertz CT molecular complexity index is 1840. The molecule has 4 aromatic rings. The third-order valence-electron chi connectivity index (χ3n) is 7.42. The zero-order chi connectivity index (χ0) is 37.3. The Kier molecular flexibility index (Phi) is 14.0. The highest BCUT2D eigenvalue weighted by Gasteiger charge is 2.29. The van der Waals surface area contributed by atoms with Gasteiger partial charge in [0.2, 0.25) is 0 Å². The second-order valence-corrected chi connectivity index (χ2v) is 13.5. The van der Waals surface area contributed by atoms with Gasteiger partial charge in [-0.05, 0) is 71.5 Å². The second kappa shape index (κ2) is 17.7. The van der Waals surface area contributed by atoms with E-state index in [9.17, 15) is 24.6 Å². The monoisotopic (exact) mass is 708 g/mol. The zero-order valence-corrected chi connectivity index (χ0v) is 29.6. The summed E-state index contributed by atoms with van der Waals surface area (Å²) in [7, 11) is 4.29. The summed E-state index contributed by atoms with van der Waals surface area (Å²) in [6.45, 7) is 9.97. The molecule has 50 heavy (non-hydrogen) atoms. The number of carbonyl (C=O) groups is 2. The highest BCUT2D eigenvalue weighted by Crippen LogP contribution is 2.48. The molecular formula is C37H44N2O10S. The predicted octanol–water partition coefficient (Wildman–Crippen LogP) is 5.39. The number of carboxylic acids is 2. The number of hydrogen-bond donors (Lipinski definition) is 6. The average molecular weight is 709 g/mol. The highest BCUT2D eigenvalue weighted by molar-refractivity contribution is 7.99. The van der Waals surface area contributed by atoms with Gasteiger partial charge in [-0.25, -0.2) is 9.59 Å². The SMILES string of the molecule is CC(C)=CCc1c(O)cc2oc(C)cc(=O)c2c1O.CC(CN(C)C)CN1c2ccccc2Sc2ccccc21.O=C(O)C(O)C(O)C(=O)O. The van der Waals surface area contributed by atoms with E-state index >= 15 is 0 Å². The van der Waals surface area contributed by atoms with Crippen molar-refractivity contribution in [2.75, 3.05) is 32.1 Å². The van der Waals surface area contributed by atoms with Gasteiger partial charge in [-0.3, -0.25) is 4.79 Å².